The van der Waals surface area contributed by atoms with Crippen molar-refractivity contribution in [3.05, 3.63) is 65.2 Å². The second-order valence-electron chi connectivity index (χ2n) is 8.26. The molecule has 2 N–H and O–H groups in total. The SMILES string of the molecule is CC(NC(=O)c1cc2c(cn1)ncn2C1CCC1)c1cnc(Nc2ccc(C(F)(F)F)cc2)s1. The molecule has 5 rings (SSSR count). The van der Waals surface area contributed by atoms with Crippen molar-refractivity contribution >= 4 is 39.1 Å². The molecule has 0 spiro atoms. The van der Waals surface area contributed by atoms with Gasteiger partial charge < -0.3 is 15.2 Å². The Hall–Kier alpha value is -3.47. The molecule has 0 aliphatic heterocycles. The normalized spacial score (nSPS) is 15.2. The van der Waals surface area contributed by atoms with Crippen LogP contribution < -0.4 is 10.6 Å². The zero-order valence-electron chi connectivity index (χ0n) is 18.1. The molecule has 34 heavy (non-hydrogen) atoms. The van der Waals surface area contributed by atoms with Crippen LogP contribution in [0, 0.1) is 0 Å². The topological polar surface area (TPSA) is 84.7 Å². The van der Waals surface area contributed by atoms with Crippen molar-refractivity contribution in [3.63, 3.8) is 0 Å². The second kappa shape index (κ2) is 8.71. The van der Waals surface area contributed by atoms with Gasteiger partial charge in [-0.25, -0.2) is 15.0 Å². The zero-order valence-corrected chi connectivity index (χ0v) is 19.0. The number of anilines is 2. The average molecular weight is 487 g/mol. The molecule has 1 amide bonds. The lowest BCUT2D eigenvalue weighted by atomic mass is 9.93. The van der Waals surface area contributed by atoms with E-state index in [-0.39, 0.29) is 11.9 Å². The third-order valence-electron chi connectivity index (χ3n) is 5.92. The van der Waals surface area contributed by atoms with Crippen molar-refractivity contribution in [2.24, 2.45) is 0 Å². The number of carbonyl (C=O) groups is 1. The maximum atomic E-state index is 12.8. The summed E-state index contributed by atoms with van der Waals surface area (Å²) in [4.78, 5) is 26.6. The minimum Gasteiger partial charge on any atom is -0.343 e. The third kappa shape index (κ3) is 4.47. The number of thiazole rings is 1. The fourth-order valence-electron chi connectivity index (χ4n) is 3.76. The van der Waals surface area contributed by atoms with E-state index >= 15 is 0 Å². The Kier molecular flexibility index (Phi) is 5.72. The molecule has 1 aliphatic carbocycles. The molecule has 0 saturated heterocycles. The summed E-state index contributed by atoms with van der Waals surface area (Å²) < 4.78 is 40.3. The average Bonchev–Trinajstić information content (AvgIpc) is 3.39. The smallest absolute Gasteiger partial charge is 0.343 e. The molecule has 1 fully saturated rings. The van der Waals surface area contributed by atoms with Crippen LogP contribution in [0.3, 0.4) is 0 Å². The van der Waals surface area contributed by atoms with Crippen molar-refractivity contribution in [1.82, 2.24) is 24.8 Å². The fourth-order valence-corrected chi connectivity index (χ4v) is 4.60. The van der Waals surface area contributed by atoms with Gasteiger partial charge in [-0.15, -0.1) is 0 Å². The summed E-state index contributed by atoms with van der Waals surface area (Å²) in [7, 11) is 0. The van der Waals surface area contributed by atoms with Crippen LogP contribution in [0.15, 0.2) is 49.1 Å². The Bertz CT molecular complexity index is 1330. The van der Waals surface area contributed by atoms with Crippen LogP contribution in [0.2, 0.25) is 0 Å². The van der Waals surface area contributed by atoms with E-state index in [4.69, 9.17) is 0 Å². The summed E-state index contributed by atoms with van der Waals surface area (Å²) in [6, 6.07) is 6.60. The van der Waals surface area contributed by atoms with Crippen molar-refractivity contribution in [1.29, 1.82) is 0 Å². The van der Waals surface area contributed by atoms with E-state index in [0.29, 0.717) is 22.6 Å². The highest BCUT2D eigenvalue weighted by Crippen LogP contribution is 2.34. The van der Waals surface area contributed by atoms with Crippen molar-refractivity contribution < 1.29 is 18.0 Å². The largest absolute Gasteiger partial charge is 0.416 e. The Morgan fingerprint density at radius 3 is 2.59 bits per heavy atom. The van der Waals surface area contributed by atoms with Gasteiger partial charge in [0, 0.05) is 22.8 Å². The number of hydrogen-bond acceptors (Lipinski definition) is 6. The number of alkyl halides is 3. The number of aromatic nitrogens is 4. The molecule has 0 bridgehead atoms. The molecular formula is C23H21F3N6OS. The van der Waals surface area contributed by atoms with Gasteiger partial charge in [0.15, 0.2) is 5.13 Å². The number of amides is 1. The number of halogens is 3. The first kappa shape index (κ1) is 22.3. The highest BCUT2D eigenvalue weighted by atomic mass is 32.1. The molecule has 7 nitrogen and oxygen atoms in total. The molecule has 1 atom stereocenters. The third-order valence-corrected chi connectivity index (χ3v) is 7.02. The molecule has 1 aliphatic rings. The lowest BCUT2D eigenvalue weighted by Gasteiger charge is -2.27. The standard InChI is InChI=1S/C23H21F3N6OS/c1-13(20-11-28-22(34-20)31-15-7-5-14(6-8-15)23(24,25)26)30-21(33)17-9-19-18(10-27-17)29-12-32(19)16-3-2-4-16/h5-13,16H,2-4H2,1H3,(H,28,31)(H,30,33). The first-order valence-electron chi connectivity index (χ1n) is 10.8. The number of rotatable bonds is 6. The Labute approximate surface area is 197 Å². The van der Waals surface area contributed by atoms with E-state index in [1.54, 1.807) is 18.5 Å². The molecule has 3 aromatic heterocycles. The van der Waals surface area contributed by atoms with E-state index in [1.807, 2.05) is 13.3 Å². The highest BCUT2D eigenvalue weighted by molar-refractivity contribution is 7.15. The summed E-state index contributed by atoms with van der Waals surface area (Å²) in [5, 5.41) is 6.44. The number of benzene rings is 1. The minimum atomic E-state index is -4.38. The van der Waals surface area contributed by atoms with Crippen LogP contribution in [0.4, 0.5) is 24.0 Å². The summed E-state index contributed by atoms with van der Waals surface area (Å²) in [6.45, 7) is 1.84. The van der Waals surface area contributed by atoms with E-state index in [0.717, 1.165) is 40.9 Å². The van der Waals surface area contributed by atoms with Crippen LogP contribution >= 0.6 is 11.3 Å². The fraction of sp³-hybridized carbons (Fsp3) is 0.304. The number of nitrogens with one attached hydrogen (secondary N) is 2. The lowest BCUT2D eigenvalue weighted by molar-refractivity contribution is -0.137. The number of fused-ring (bicyclic) bond motifs is 1. The molecule has 3 heterocycles. The summed E-state index contributed by atoms with van der Waals surface area (Å²) in [5.74, 6) is -0.304. The summed E-state index contributed by atoms with van der Waals surface area (Å²) in [5.41, 5.74) is 1.76. The quantitative estimate of drug-likeness (QED) is 0.356. The van der Waals surface area contributed by atoms with Crippen LogP contribution in [0.1, 0.15) is 59.2 Å². The van der Waals surface area contributed by atoms with Gasteiger partial charge in [0.05, 0.1) is 29.6 Å². The number of carbonyl (C=O) groups excluding carboxylic acids is 1. The Morgan fingerprint density at radius 1 is 1.15 bits per heavy atom. The molecule has 1 aromatic carbocycles. The van der Waals surface area contributed by atoms with Gasteiger partial charge in [-0.2, -0.15) is 13.2 Å². The number of imidazole rings is 1. The van der Waals surface area contributed by atoms with Gasteiger partial charge in [-0.1, -0.05) is 11.3 Å². The second-order valence-corrected chi connectivity index (χ2v) is 9.32. The van der Waals surface area contributed by atoms with Gasteiger partial charge in [-0.05, 0) is 56.5 Å². The van der Waals surface area contributed by atoms with Crippen LogP contribution in [0.25, 0.3) is 11.0 Å². The highest BCUT2D eigenvalue weighted by Gasteiger charge is 2.30. The van der Waals surface area contributed by atoms with Crippen LogP contribution in [-0.2, 0) is 6.18 Å². The predicted molar refractivity (Wildman–Crippen MR) is 123 cm³/mol. The van der Waals surface area contributed by atoms with Gasteiger partial charge in [0.2, 0.25) is 0 Å². The van der Waals surface area contributed by atoms with Crippen molar-refractivity contribution in [2.45, 2.75) is 44.4 Å². The van der Waals surface area contributed by atoms with Crippen LogP contribution in [-0.4, -0.2) is 25.4 Å². The van der Waals surface area contributed by atoms with E-state index in [1.165, 1.54) is 29.9 Å². The number of pyridine rings is 1. The maximum Gasteiger partial charge on any atom is 0.416 e. The van der Waals surface area contributed by atoms with Gasteiger partial charge in [-0.3, -0.25) is 4.79 Å². The van der Waals surface area contributed by atoms with Crippen molar-refractivity contribution in [3.8, 4) is 0 Å². The maximum absolute atomic E-state index is 12.8. The zero-order chi connectivity index (χ0) is 23.9. The first-order chi connectivity index (χ1) is 16.3. The molecule has 1 saturated carbocycles. The lowest BCUT2D eigenvalue weighted by Crippen LogP contribution is -2.27. The summed E-state index contributed by atoms with van der Waals surface area (Å²) in [6.07, 6.45) is 4.10. The molecule has 1 unspecified atom stereocenters. The van der Waals surface area contributed by atoms with Gasteiger partial charge >= 0.3 is 6.18 Å². The van der Waals surface area contributed by atoms with Crippen molar-refractivity contribution in [2.75, 3.05) is 5.32 Å². The predicted octanol–water partition coefficient (Wildman–Crippen LogP) is 5.87. The van der Waals surface area contributed by atoms with E-state index < -0.39 is 11.7 Å². The van der Waals surface area contributed by atoms with E-state index in [2.05, 4.69) is 30.2 Å². The van der Waals surface area contributed by atoms with Gasteiger partial charge in [0.1, 0.15) is 11.2 Å². The molecule has 11 heteroatoms. The van der Waals surface area contributed by atoms with E-state index in [9.17, 15) is 18.0 Å². The molecule has 0 radical (unpaired) electrons. The Balaban J connectivity index is 1.25. The van der Waals surface area contributed by atoms with Crippen LogP contribution in [0.5, 0.6) is 0 Å². The molecule has 176 valence electrons. The monoisotopic (exact) mass is 486 g/mol. The number of hydrogen-bond donors (Lipinski definition) is 2. The minimum absolute atomic E-state index is 0.304. The Morgan fingerprint density at radius 2 is 1.91 bits per heavy atom. The summed E-state index contributed by atoms with van der Waals surface area (Å²) >= 11 is 1.31. The number of nitrogens with zero attached hydrogens (tertiary/aromatic N) is 4. The first-order valence-corrected chi connectivity index (χ1v) is 11.6. The molecular weight excluding hydrogens is 465 g/mol. The molecule has 4 aromatic rings. The van der Waals surface area contributed by atoms with Gasteiger partial charge in [0.25, 0.3) is 5.91 Å².